The Hall–Kier alpha value is -3.75. The molecule has 2 aliphatic rings. The molecule has 0 saturated heterocycles. The summed E-state index contributed by atoms with van der Waals surface area (Å²) in [4.78, 5) is 31.1. The summed E-state index contributed by atoms with van der Waals surface area (Å²) < 4.78 is 14.0. The van der Waals surface area contributed by atoms with Gasteiger partial charge in [-0.2, -0.15) is 0 Å². The van der Waals surface area contributed by atoms with E-state index < -0.39 is 5.97 Å². The van der Waals surface area contributed by atoms with Crippen LogP contribution in [0, 0.1) is 0 Å². The Morgan fingerprint density at radius 3 is 2.63 bits per heavy atom. The molecule has 0 spiro atoms. The summed E-state index contributed by atoms with van der Waals surface area (Å²) in [5.41, 5.74) is 6.28. The normalized spacial score (nSPS) is 16.3. The number of carbonyl (C=O) groups is 1. The molecule has 1 aliphatic heterocycles. The van der Waals surface area contributed by atoms with E-state index in [0.29, 0.717) is 20.8 Å². The van der Waals surface area contributed by atoms with Gasteiger partial charge in [0.15, 0.2) is 16.3 Å². The Kier molecular flexibility index (Phi) is 6.37. The molecule has 0 radical (unpaired) electrons. The lowest BCUT2D eigenvalue weighted by Gasteiger charge is -2.30. The molecule has 3 aromatic carbocycles. The minimum atomic E-state index is -0.428. The fraction of sp³-hybridized carbons (Fsp3) is 0.167. The highest BCUT2D eigenvalue weighted by Crippen LogP contribution is 2.41. The van der Waals surface area contributed by atoms with Crippen LogP contribution in [0.1, 0.15) is 41.6 Å². The lowest BCUT2D eigenvalue weighted by atomic mass is 9.83. The van der Waals surface area contributed by atoms with Gasteiger partial charge < -0.3 is 9.47 Å². The zero-order chi connectivity index (χ0) is 26.4. The number of halogens is 1. The molecule has 0 N–H and O–H groups in total. The number of aryl methyl sites for hydroxylation is 1. The third-order valence-corrected chi connectivity index (χ3v) is 8.31. The van der Waals surface area contributed by atoms with Crippen LogP contribution in [-0.2, 0) is 11.2 Å². The Morgan fingerprint density at radius 1 is 1.08 bits per heavy atom. The van der Waals surface area contributed by atoms with E-state index in [0.717, 1.165) is 45.3 Å². The zero-order valence-corrected chi connectivity index (χ0v) is 23.1. The number of nitrogens with zero attached hydrogens (tertiary/aromatic N) is 2. The van der Waals surface area contributed by atoms with Crippen LogP contribution in [0.15, 0.2) is 86.6 Å². The number of hydrogen-bond donors (Lipinski definition) is 0. The van der Waals surface area contributed by atoms with Crippen LogP contribution in [0.25, 0.3) is 11.8 Å². The van der Waals surface area contributed by atoms with Crippen molar-refractivity contribution in [3.05, 3.63) is 119 Å². The number of esters is 1. The first-order valence-electron chi connectivity index (χ1n) is 12.2. The molecule has 2 heterocycles. The van der Waals surface area contributed by atoms with Gasteiger partial charge in [-0.3, -0.25) is 14.2 Å². The molecule has 0 unspecified atom stereocenters. The predicted molar refractivity (Wildman–Crippen MR) is 151 cm³/mol. The standard InChI is InChI=1S/C30H23BrN2O4S/c1-17(34)37-24-14-7-18(15-25(24)36-2)16-26-29(35)33-28(20-8-11-21(31)12-9-20)23-13-10-19-5-3-4-6-22(19)27(23)32-30(33)38-26/h3-9,11-12,14-16,28H,10,13H2,1-2H3/b26-16-/t28-/m0/s1. The van der Waals surface area contributed by atoms with Gasteiger partial charge in [0.25, 0.3) is 5.56 Å². The number of methoxy groups -OCH3 is 1. The van der Waals surface area contributed by atoms with Crippen molar-refractivity contribution in [2.24, 2.45) is 4.99 Å². The van der Waals surface area contributed by atoms with Gasteiger partial charge in [-0.25, -0.2) is 4.99 Å². The quantitative estimate of drug-likeness (QED) is 0.249. The minimum absolute atomic E-state index is 0.0879. The number of allylic oxidation sites excluding steroid dienone is 1. The smallest absolute Gasteiger partial charge is 0.308 e. The molecule has 8 heteroatoms. The molecule has 38 heavy (non-hydrogen) atoms. The average molecular weight is 587 g/mol. The summed E-state index contributed by atoms with van der Waals surface area (Å²) in [6, 6.07) is 21.5. The Labute approximate surface area is 231 Å². The van der Waals surface area contributed by atoms with E-state index in [1.807, 2.05) is 28.8 Å². The third kappa shape index (κ3) is 4.33. The molecule has 4 aromatic rings. The lowest BCUT2D eigenvalue weighted by Crippen LogP contribution is -2.38. The third-order valence-electron chi connectivity index (χ3n) is 6.80. The van der Waals surface area contributed by atoms with Crippen LogP contribution in [0.2, 0.25) is 0 Å². The van der Waals surface area contributed by atoms with Crippen molar-refractivity contribution < 1.29 is 14.3 Å². The van der Waals surface area contributed by atoms with Gasteiger partial charge in [0, 0.05) is 17.0 Å². The number of benzene rings is 3. The molecule has 0 fully saturated rings. The van der Waals surface area contributed by atoms with Gasteiger partial charge in [-0.1, -0.05) is 69.7 Å². The van der Waals surface area contributed by atoms with E-state index in [9.17, 15) is 9.59 Å². The molecule has 1 aromatic heterocycles. The highest BCUT2D eigenvalue weighted by atomic mass is 79.9. The summed E-state index contributed by atoms with van der Waals surface area (Å²) in [7, 11) is 1.51. The molecule has 6 rings (SSSR count). The number of carbonyl (C=O) groups excluding carboxylic acids is 1. The predicted octanol–water partition coefficient (Wildman–Crippen LogP) is 5.02. The molecule has 1 atom stereocenters. The second-order valence-electron chi connectivity index (χ2n) is 9.17. The fourth-order valence-corrected chi connectivity index (χ4v) is 6.40. The van der Waals surface area contributed by atoms with E-state index in [-0.39, 0.29) is 11.6 Å². The van der Waals surface area contributed by atoms with Crippen molar-refractivity contribution >= 4 is 45.0 Å². The number of thiazole rings is 1. The minimum Gasteiger partial charge on any atom is -0.493 e. The Balaban J connectivity index is 1.54. The zero-order valence-electron chi connectivity index (χ0n) is 20.7. The van der Waals surface area contributed by atoms with E-state index in [4.69, 9.17) is 14.5 Å². The molecule has 6 nitrogen and oxygen atoms in total. The van der Waals surface area contributed by atoms with Crippen LogP contribution >= 0.6 is 27.3 Å². The maximum atomic E-state index is 13.9. The first-order chi connectivity index (χ1) is 18.4. The summed E-state index contributed by atoms with van der Waals surface area (Å²) >= 11 is 4.91. The molecule has 190 valence electrons. The van der Waals surface area contributed by atoms with Crippen LogP contribution in [-0.4, -0.2) is 17.6 Å². The van der Waals surface area contributed by atoms with Crippen LogP contribution in [0.3, 0.4) is 0 Å². The molecular formula is C30H23BrN2O4S. The van der Waals surface area contributed by atoms with Crippen molar-refractivity contribution in [1.82, 2.24) is 4.57 Å². The fourth-order valence-electron chi connectivity index (χ4n) is 5.13. The summed E-state index contributed by atoms with van der Waals surface area (Å²) in [5.74, 6) is 0.324. The van der Waals surface area contributed by atoms with Crippen molar-refractivity contribution in [1.29, 1.82) is 0 Å². The highest BCUT2D eigenvalue weighted by Gasteiger charge is 2.32. The number of aromatic nitrogens is 1. The monoisotopic (exact) mass is 586 g/mol. The number of hydrogen-bond acceptors (Lipinski definition) is 6. The van der Waals surface area contributed by atoms with Gasteiger partial charge in [-0.15, -0.1) is 0 Å². The number of fused-ring (bicyclic) bond motifs is 3. The maximum absolute atomic E-state index is 13.9. The van der Waals surface area contributed by atoms with Gasteiger partial charge in [-0.05, 0) is 65.4 Å². The van der Waals surface area contributed by atoms with Gasteiger partial charge in [0.05, 0.1) is 23.4 Å². The average Bonchev–Trinajstić information content (AvgIpc) is 3.22. The van der Waals surface area contributed by atoms with Gasteiger partial charge in [0.2, 0.25) is 0 Å². The summed E-state index contributed by atoms with van der Waals surface area (Å²) in [6.45, 7) is 1.34. The van der Waals surface area contributed by atoms with Crippen LogP contribution < -0.4 is 24.4 Å². The maximum Gasteiger partial charge on any atom is 0.308 e. The number of ether oxygens (including phenoxy) is 2. The van der Waals surface area contributed by atoms with Crippen LogP contribution in [0.5, 0.6) is 11.5 Å². The van der Waals surface area contributed by atoms with Crippen molar-refractivity contribution in [3.63, 3.8) is 0 Å². The molecule has 0 bridgehead atoms. The van der Waals surface area contributed by atoms with Crippen molar-refractivity contribution in [3.8, 4) is 11.5 Å². The van der Waals surface area contributed by atoms with Crippen molar-refractivity contribution in [2.75, 3.05) is 7.11 Å². The van der Waals surface area contributed by atoms with Gasteiger partial charge in [0.1, 0.15) is 0 Å². The molecule has 0 saturated carbocycles. The van der Waals surface area contributed by atoms with Gasteiger partial charge >= 0.3 is 5.97 Å². The largest absolute Gasteiger partial charge is 0.493 e. The van der Waals surface area contributed by atoms with E-state index in [1.54, 1.807) is 18.2 Å². The second kappa shape index (κ2) is 9.85. The van der Waals surface area contributed by atoms with Crippen molar-refractivity contribution in [2.45, 2.75) is 25.8 Å². The van der Waals surface area contributed by atoms with E-state index in [1.165, 1.54) is 30.9 Å². The Morgan fingerprint density at radius 2 is 1.87 bits per heavy atom. The molecule has 1 aliphatic carbocycles. The lowest BCUT2D eigenvalue weighted by molar-refractivity contribution is -0.132. The first-order valence-corrected chi connectivity index (χ1v) is 13.8. The summed E-state index contributed by atoms with van der Waals surface area (Å²) in [6.07, 6.45) is 3.59. The van der Waals surface area contributed by atoms with E-state index >= 15 is 0 Å². The Bertz CT molecular complexity index is 1800. The van der Waals surface area contributed by atoms with E-state index in [2.05, 4.69) is 46.3 Å². The second-order valence-corrected chi connectivity index (χ2v) is 11.1. The molecule has 0 amide bonds. The topological polar surface area (TPSA) is 69.9 Å². The number of rotatable bonds is 4. The summed E-state index contributed by atoms with van der Waals surface area (Å²) in [5, 5.41) is 0. The highest BCUT2D eigenvalue weighted by molar-refractivity contribution is 9.10. The first kappa shape index (κ1) is 24.6. The SMILES string of the molecule is COc1cc(/C=c2\sc3n(c2=O)[C@@H](c2ccc(Br)cc2)C2=C(N=3)c3ccccc3CC2)ccc1OC(C)=O. The van der Waals surface area contributed by atoms with Crippen LogP contribution in [0.4, 0.5) is 0 Å². The molecular weight excluding hydrogens is 564 g/mol.